The fourth-order valence-corrected chi connectivity index (χ4v) is 1.96. The number of hydrogen-bond acceptors (Lipinski definition) is 5. The Morgan fingerprint density at radius 2 is 1.92 bits per heavy atom. The zero-order valence-corrected chi connectivity index (χ0v) is 14.2. The second-order valence-electron chi connectivity index (χ2n) is 5.69. The maximum atomic E-state index is 12.0. The normalized spacial score (nSPS) is 10.3. The molecule has 2 aromatic rings. The quantitative estimate of drug-likeness (QED) is 0.778. The van der Waals surface area contributed by atoms with E-state index < -0.39 is 0 Å². The predicted octanol–water partition coefficient (Wildman–Crippen LogP) is 3.18. The van der Waals surface area contributed by atoms with Gasteiger partial charge in [0.1, 0.15) is 5.82 Å². The highest BCUT2D eigenvalue weighted by molar-refractivity contribution is 5.91. The second kappa shape index (κ2) is 8.76. The van der Waals surface area contributed by atoms with E-state index in [2.05, 4.69) is 29.5 Å². The molecule has 0 fully saturated rings. The van der Waals surface area contributed by atoms with Crippen LogP contribution in [0.2, 0.25) is 0 Å². The van der Waals surface area contributed by atoms with Gasteiger partial charge in [0.15, 0.2) is 18.1 Å². The van der Waals surface area contributed by atoms with Crippen molar-refractivity contribution < 1.29 is 14.3 Å². The Morgan fingerprint density at radius 3 is 2.54 bits per heavy atom. The van der Waals surface area contributed by atoms with E-state index >= 15 is 0 Å². The van der Waals surface area contributed by atoms with Crippen LogP contribution in [0.4, 0.5) is 11.5 Å². The fourth-order valence-electron chi connectivity index (χ4n) is 1.96. The molecule has 1 aromatic heterocycles. The summed E-state index contributed by atoms with van der Waals surface area (Å²) in [6.07, 6.45) is 1.61. The van der Waals surface area contributed by atoms with Gasteiger partial charge >= 0.3 is 0 Å². The number of carbonyl (C=O) groups is 1. The van der Waals surface area contributed by atoms with E-state index in [0.717, 1.165) is 12.4 Å². The van der Waals surface area contributed by atoms with Gasteiger partial charge in [-0.25, -0.2) is 4.98 Å². The molecule has 1 aromatic carbocycles. The lowest BCUT2D eigenvalue weighted by Gasteiger charge is -2.11. The van der Waals surface area contributed by atoms with Crippen LogP contribution < -0.4 is 20.1 Å². The summed E-state index contributed by atoms with van der Waals surface area (Å²) in [5.41, 5.74) is 0.624. The Balaban J connectivity index is 1.83. The molecule has 0 unspecified atom stereocenters. The van der Waals surface area contributed by atoms with Gasteiger partial charge in [0.05, 0.1) is 19.0 Å². The third-order valence-electron chi connectivity index (χ3n) is 3.17. The summed E-state index contributed by atoms with van der Waals surface area (Å²) in [6, 6.07) is 10.8. The van der Waals surface area contributed by atoms with Crippen molar-refractivity contribution in [1.29, 1.82) is 0 Å². The van der Waals surface area contributed by atoms with Crippen LogP contribution in [-0.4, -0.2) is 31.2 Å². The number of benzene rings is 1. The van der Waals surface area contributed by atoms with Crippen LogP contribution in [0.5, 0.6) is 11.5 Å². The molecule has 128 valence electrons. The van der Waals surface area contributed by atoms with Crippen LogP contribution in [-0.2, 0) is 4.79 Å². The lowest BCUT2D eigenvalue weighted by molar-refractivity contribution is -0.118. The molecular weight excluding hydrogens is 306 g/mol. The molecule has 6 nitrogen and oxygen atoms in total. The van der Waals surface area contributed by atoms with Crippen LogP contribution >= 0.6 is 0 Å². The monoisotopic (exact) mass is 329 g/mol. The minimum Gasteiger partial charge on any atom is -0.493 e. The average molecular weight is 329 g/mol. The molecular formula is C18H23N3O3. The lowest BCUT2D eigenvalue weighted by Crippen LogP contribution is -2.20. The molecule has 0 spiro atoms. The van der Waals surface area contributed by atoms with Gasteiger partial charge in [-0.2, -0.15) is 0 Å². The van der Waals surface area contributed by atoms with E-state index in [1.54, 1.807) is 31.5 Å². The van der Waals surface area contributed by atoms with E-state index in [1.807, 2.05) is 18.2 Å². The first-order valence-electron chi connectivity index (χ1n) is 7.84. The molecule has 1 heterocycles. The van der Waals surface area contributed by atoms with Crippen molar-refractivity contribution in [2.45, 2.75) is 13.8 Å². The minimum absolute atomic E-state index is 0.103. The molecule has 0 aliphatic rings. The molecule has 0 bridgehead atoms. The number of anilines is 2. The number of nitrogens with zero attached hydrogens (tertiary/aromatic N) is 1. The standard InChI is InChI=1S/C18H23N3O3/c1-13(2)10-19-17-9-8-14(11-20-17)21-18(22)12-24-16-7-5-4-6-15(16)23-3/h4-9,11,13H,10,12H2,1-3H3,(H,19,20)(H,21,22). The van der Waals surface area contributed by atoms with Gasteiger partial charge in [-0.15, -0.1) is 0 Å². The van der Waals surface area contributed by atoms with Crippen molar-refractivity contribution in [3.8, 4) is 11.5 Å². The Morgan fingerprint density at radius 1 is 1.17 bits per heavy atom. The number of para-hydroxylation sites is 2. The number of rotatable bonds is 8. The number of carbonyl (C=O) groups excluding carboxylic acids is 1. The van der Waals surface area contributed by atoms with Gasteiger partial charge in [-0.1, -0.05) is 26.0 Å². The van der Waals surface area contributed by atoms with Gasteiger partial charge in [-0.3, -0.25) is 4.79 Å². The molecule has 0 radical (unpaired) electrons. The van der Waals surface area contributed by atoms with E-state index in [4.69, 9.17) is 9.47 Å². The van der Waals surface area contributed by atoms with E-state index in [0.29, 0.717) is 23.1 Å². The highest BCUT2D eigenvalue weighted by Gasteiger charge is 2.07. The molecule has 2 rings (SSSR count). The number of methoxy groups -OCH3 is 1. The van der Waals surface area contributed by atoms with Crippen LogP contribution in [0.15, 0.2) is 42.6 Å². The van der Waals surface area contributed by atoms with Crippen LogP contribution in [0.3, 0.4) is 0 Å². The summed E-state index contributed by atoms with van der Waals surface area (Å²) >= 11 is 0. The number of hydrogen-bond donors (Lipinski definition) is 2. The van der Waals surface area contributed by atoms with Crippen molar-refractivity contribution in [3.63, 3.8) is 0 Å². The molecule has 0 aliphatic heterocycles. The predicted molar refractivity (Wildman–Crippen MR) is 94.7 cm³/mol. The van der Waals surface area contributed by atoms with Crippen molar-refractivity contribution in [1.82, 2.24) is 4.98 Å². The first kappa shape index (κ1) is 17.6. The molecule has 24 heavy (non-hydrogen) atoms. The third-order valence-corrected chi connectivity index (χ3v) is 3.17. The maximum absolute atomic E-state index is 12.0. The minimum atomic E-state index is -0.259. The first-order valence-corrected chi connectivity index (χ1v) is 7.84. The van der Waals surface area contributed by atoms with Crippen LogP contribution in [0.1, 0.15) is 13.8 Å². The zero-order chi connectivity index (χ0) is 17.4. The molecule has 0 saturated carbocycles. The van der Waals surface area contributed by atoms with Gasteiger partial charge < -0.3 is 20.1 Å². The number of nitrogens with one attached hydrogen (secondary N) is 2. The molecule has 1 amide bonds. The van der Waals surface area contributed by atoms with Crippen molar-refractivity contribution in [2.75, 3.05) is 30.9 Å². The van der Waals surface area contributed by atoms with Gasteiger partial charge in [0.25, 0.3) is 5.91 Å². The van der Waals surface area contributed by atoms with Gasteiger partial charge in [0.2, 0.25) is 0 Å². The molecule has 0 aliphatic carbocycles. The molecule has 2 N–H and O–H groups in total. The van der Waals surface area contributed by atoms with Crippen molar-refractivity contribution in [2.24, 2.45) is 5.92 Å². The van der Waals surface area contributed by atoms with Crippen molar-refractivity contribution in [3.05, 3.63) is 42.6 Å². The zero-order valence-electron chi connectivity index (χ0n) is 14.2. The van der Waals surface area contributed by atoms with Crippen LogP contribution in [0, 0.1) is 5.92 Å². The number of pyridine rings is 1. The van der Waals surface area contributed by atoms with E-state index in [9.17, 15) is 4.79 Å². The molecule has 0 atom stereocenters. The molecule has 0 saturated heterocycles. The number of amides is 1. The lowest BCUT2D eigenvalue weighted by atomic mass is 10.2. The topological polar surface area (TPSA) is 72.5 Å². The second-order valence-corrected chi connectivity index (χ2v) is 5.69. The smallest absolute Gasteiger partial charge is 0.262 e. The van der Waals surface area contributed by atoms with Gasteiger partial charge in [0, 0.05) is 6.54 Å². The summed E-state index contributed by atoms with van der Waals surface area (Å²) < 4.78 is 10.7. The Bertz CT molecular complexity index is 657. The SMILES string of the molecule is COc1ccccc1OCC(=O)Nc1ccc(NCC(C)C)nc1. The largest absolute Gasteiger partial charge is 0.493 e. The summed E-state index contributed by atoms with van der Waals surface area (Å²) in [7, 11) is 1.56. The summed E-state index contributed by atoms with van der Waals surface area (Å²) in [5, 5.41) is 5.97. The average Bonchev–Trinajstić information content (AvgIpc) is 2.59. The number of ether oxygens (including phenoxy) is 2. The fraction of sp³-hybridized carbons (Fsp3) is 0.333. The number of aromatic nitrogens is 1. The van der Waals surface area contributed by atoms with Gasteiger partial charge in [-0.05, 0) is 30.2 Å². The highest BCUT2D eigenvalue weighted by Crippen LogP contribution is 2.25. The Hall–Kier alpha value is -2.76. The first-order chi connectivity index (χ1) is 11.6. The Labute approximate surface area is 142 Å². The summed E-state index contributed by atoms with van der Waals surface area (Å²) in [4.78, 5) is 16.2. The highest BCUT2D eigenvalue weighted by atomic mass is 16.5. The van der Waals surface area contributed by atoms with E-state index in [1.165, 1.54) is 0 Å². The summed E-state index contributed by atoms with van der Waals surface area (Å²) in [6.45, 7) is 5.01. The maximum Gasteiger partial charge on any atom is 0.262 e. The van der Waals surface area contributed by atoms with E-state index in [-0.39, 0.29) is 12.5 Å². The molecule has 6 heteroatoms. The van der Waals surface area contributed by atoms with Crippen molar-refractivity contribution >= 4 is 17.4 Å². The third kappa shape index (κ3) is 5.46. The summed E-state index contributed by atoms with van der Waals surface area (Å²) in [5.74, 6) is 2.19. The Kier molecular flexibility index (Phi) is 6.42. The van der Waals surface area contributed by atoms with Crippen LogP contribution in [0.25, 0.3) is 0 Å².